The van der Waals surface area contributed by atoms with Crippen LogP contribution in [0.2, 0.25) is 0 Å². The standard InChI is InChI=1S/C13H22N2O2S/c1-2-5-10(9-18)8-15-11(16)13(14-12(15)17)6-3-4-7-13/h10,18H,2-9H2,1H3,(H,14,17). The number of carbonyl (C=O) groups is 2. The lowest BCUT2D eigenvalue weighted by Crippen LogP contribution is -2.44. The second kappa shape index (κ2) is 5.51. The summed E-state index contributed by atoms with van der Waals surface area (Å²) < 4.78 is 0. The number of urea groups is 1. The fraction of sp³-hybridized carbons (Fsp3) is 0.846. The van der Waals surface area contributed by atoms with Crippen LogP contribution in [-0.4, -0.2) is 34.7 Å². The SMILES string of the molecule is CCCC(CS)CN1C(=O)NC2(CCCC2)C1=O. The first-order valence-corrected chi connectivity index (χ1v) is 7.51. The van der Waals surface area contributed by atoms with Crippen LogP contribution in [0, 0.1) is 5.92 Å². The van der Waals surface area contributed by atoms with E-state index in [1.165, 1.54) is 4.90 Å². The predicted molar refractivity (Wildman–Crippen MR) is 73.7 cm³/mol. The van der Waals surface area contributed by atoms with E-state index in [9.17, 15) is 9.59 Å². The van der Waals surface area contributed by atoms with Crippen molar-refractivity contribution in [3.63, 3.8) is 0 Å². The molecule has 1 aliphatic heterocycles. The minimum Gasteiger partial charge on any atom is -0.323 e. The lowest BCUT2D eigenvalue weighted by atomic mass is 9.97. The monoisotopic (exact) mass is 270 g/mol. The highest BCUT2D eigenvalue weighted by molar-refractivity contribution is 7.80. The largest absolute Gasteiger partial charge is 0.325 e. The van der Waals surface area contributed by atoms with Crippen LogP contribution in [0.4, 0.5) is 4.79 Å². The minimum absolute atomic E-state index is 0.00659. The Bertz CT molecular complexity index is 340. The summed E-state index contributed by atoms with van der Waals surface area (Å²) in [6.07, 6.45) is 5.73. The van der Waals surface area contributed by atoms with Crippen LogP contribution in [0.1, 0.15) is 45.4 Å². The molecule has 4 nitrogen and oxygen atoms in total. The minimum atomic E-state index is -0.565. The molecule has 0 aromatic rings. The molecule has 1 heterocycles. The molecule has 2 rings (SSSR count). The highest BCUT2D eigenvalue weighted by atomic mass is 32.1. The molecule has 5 heteroatoms. The highest BCUT2D eigenvalue weighted by Crippen LogP contribution is 2.35. The lowest BCUT2D eigenvalue weighted by molar-refractivity contribution is -0.131. The molecule has 1 saturated heterocycles. The third kappa shape index (κ3) is 2.37. The summed E-state index contributed by atoms with van der Waals surface area (Å²) in [6, 6.07) is -0.204. The van der Waals surface area contributed by atoms with Gasteiger partial charge in [0.25, 0.3) is 5.91 Å². The fourth-order valence-corrected chi connectivity index (χ4v) is 3.36. The number of carbonyl (C=O) groups excluding carboxylic acids is 2. The molecule has 3 amide bonds. The number of hydrogen-bond acceptors (Lipinski definition) is 3. The average Bonchev–Trinajstić information content (AvgIpc) is 2.90. The molecule has 1 aliphatic carbocycles. The van der Waals surface area contributed by atoms with Crippen molar-refractivity contribution in [1.82, 2.24) is 10.2 Å². The van der Waals surface area contributed by atoms with E-state index in [1.807, 2.05) is 0 Å². The van der Waals surface area contributed by atoms with Crippen LogP contribution in [0.25, 0.3) is 0 Å². The second-order valence-corrected chi connectivity index (χ2v) is 5.84. The van der Waals surface area contributed by atoms with Gasteiger partial charge in [-0.1, -0.05) is 26.2 Å². The van der Waals surface area contributed by atoms with Gasteiger partial charge in [-0.25, -0.2) is 4.79 Å². The van der Waals surface area contributed by atoms with E-state index in [-0.39, 0.29) is 11.9 Å². The van der Waals surface area contributed by atoms with Crippen molar-refractivity contribution in [2.24, 2.45) is 5.92 Å². The first-order valence-electron chi connectivity index (χ1n) is 6.88. The van der Waals surface area contributed by atoms with E-state index in [0.717, 1.165) is 44.3 Å². The number of nitrogens with one attached hydrogen (secondary N) is 1. The molecule has 2 fully saturated rings. The molecule has 1 saturated carbocycles. The Kier molecular flexibility index (Phi) is 4.20. The van der Waals surface area contributed by atoms with Crippen molar-refractivity contribution in [2.75, 3.05) is 12.3 Å². The Balaban J connectivity index is 2.05. The Labute approximate surface area is 114 Å². The smallest absolute Gasteiger partial charge is 0.323 e. The van der Waals surface area contributed by atoms with Gasteiger partial charge in [-0.2, -0.15) is 12.6 Å². The normalized spacial score (nSPS) is 23.8. The van der Waals surface area contributed by atoms with Gasteiger partial charge in [0.2, 0.25) is 0 Å². The van der Waals surface area contributed by atoms with Gasteiger partial charge in [0.1, 0.15) is 5.54 Å². The van der Waals surface area contributed by atoms with Gasteiger partial charge in [0.05, 0.1) is 0 Å². The lowest BCUT2D eigenvalue weighted by Gasteiger charge is -2.22. The topological polar surface area (TPSA) is 49.4 Å². The van der Waals surface area contributed by atoms with Crippen molar-refractivity contribution < 1.29 is 9.59 Å². The summed E-state index contributed by atoms with van der Waals surface area (Å²) in [4.78, 5) is 25.8. The van der Waals surface area contributed by atoms with Gasteiger partial charge in [-0.3, -0.25) is 9.69 Å². The third-order valence-electron chi connectivity index (χ3n) is 4.10. The highest BCUT2D eigenvalue weighted by Gasteiger charge is 2.52. The molecular formula is C13H22N2O2S. The summed E-state index contributed by atoms with van der Waals surface area (Å²) >= 11 is 4.31. The molecule has 0 aromatic carbocycles. The van der Waals surface area contributed by atoms with Crippen molar-refractivity contribution in [2.45, 2.75) is 51.0 Å². The molecule has 1 spiro atoms. The van der Waals surface area contributed by atoms with Gasteiger partial charge in [0.15, 0.2) is 0 Å². The van der Waals surface area contributed by atoms with Gasteiger partial charge >= 0.3 is 6.03 Å². The second-order valence-electron chi connectivity index (χ2n) is 5.47. The zero-order valence-electron chi connectivity index (χ0n) is 10.9. The van der Waals surface area contributed by atoms with Crippen molar-refractivity contribution in [1.29, 1.82) is 0 Å². The quantitative estimate of drug-likeness (QED) is 0.594. The van der Waals surface area contributed by atoms with Gasteiger partial charge in [-0.15, -0.1) is 0 Å². The predicted octanol–water partition coefficient (Wildman–Crippen LogP) is 2.20. The van der Waals surface area contributed by atoms with Crippen LogP contribution < -0.4 is 5.32 Å². The molecule has 0 aromatic heterocycles. The third-order valence-corrected chi connectivity index (χ3v) is 4.62. The van der Waals surface area contributed by atoms with E-state index in [4.69, 9.17) is 0 Å². The molecule has 2 aliphatic rings. The zero-order valence-corrected chi connectivity index (χ0v) is 11.8. The summed E-state index contributed by atoms with van der Waals surface area (Å²) in [5.74, 6) is 1.02. The summed E-state index contributed by atoms with van der Waals surface area (Å²) in [5, 5.41) is 2.91. The Morgan fingerprint density at radius 2 is 2.06 bits per heavy atom. The number of rotatable bonds is 5. The van der Waals surface area contributed by atoms with Crippen LogP contribution in [0.3, 0.4) is 0 Å². The van der Waals surface area contributed by atoms with E-state index >= 15 is 0 Å². The molecular weight excluding hydrogens is 248 g/mol. The van der Waals surface area contributed by atoms with E-state index in [1.54, 1.807) is 0 Å². The Morgan fingerprint density at radius 3 is 2.61 bits per heavy atom. The molecule has 1 unspecified atom stereocenters. The van der Waals surface area contributed by atoms with Crippen molar-refractivity contribution in [3.05, 3.63) is 0 Å². The first kappa shape index (κ1) is 13.7. The summed E-state index contributed by atoms with van der Waals surface area (Å²) in [6.45, 7) is 2.63. The van der Waals surface area contributed by atoms with Crippen molar-refractivity contribution >= 4 is 24.6 Å². The molecule has 1 N–H and O–H groups in total. The number of imide groups is 1. The Morgan fingerprint density at radius 1 is 1.39 bits per heavy atom. The van der Waals surface area contributed by atoms with Gasteiger partial charge in [0, 0.05) is 6.54 Å². The van der Waals surface area contributed by atoms with Gasteiger partial charge in [-0.05, 0) is 30.9 Å². The Hall–Kier alpha value is -0.710. The number of thiol groups is 1. The van der Waals surface area contributed by atoms with E-state index in [2.05, 4.69) is 24.9 Å². The fourth-order valence-electron chi connectivity index (χ4n) is 3.07. The molecule has 18 heavy (non-hydrogen) atoms. The maximum Gasteiger partial charge on any atom is 0.325 e. The number of amides is 3. The van der Waals surface area contributed by atoms with Crippen LogP contribution in [0.5, 0.6) is 0 Å². The molecule has 0 radical (unpaired) electrons. The van der Waals surface area contributed by atoms with Crippen LogP contribution in [-0.2, 0) is 4.79 Å². The van der Waals surface area contributed by atoms with Crippen LogP contribution in [0.15, 0.2) is 0 Å². The molecule has 0 bridgehead atoms. The number of nitrogens with zero attached hydrogens (tertiary/aromatic N) is 1. The van der Waals surface area contributed by atoms with Crippen molar-refractivity contribution in [3.8, 4) is 0 Å². The molecule has 102 valence electrons. The number of hydrogen-bond donors (Lipinski definition) is 2. The maximum atomic E-state index is 12.4. The van der Waals surface area contributed by atoms with Crippen LogP contribution >= 0.6 is 12.6 Å². The zero-order chi connectivity index (χ0) is 13.2. The van der Waals surface area contributed by atoms with Gasteiger partial charge < -0.3 is 5.32 Å². The maximum absolute atomic E-state index is 12.4. The average molecular weight is 270 g/mol. The summed E-state index contributed by atoms with van der Waals surface area (Å²) in [7, 11) is 0. The van der Waals surface area contributed by atoms with E-state index < -0.39 is 5.54 Å². The van der Waals surface area contributed by atoms with E-state index in [0.29, 0.717) is 12.5 Å². The summed E-state index contributed by atoms with van der Waals surface area (Å²) in [5.41, 5.74) is -0.565. The molecule has 1 atom stereocenters. The first-order chi connectivity index (χ1) is 8.63.